The van der Waals surface area contributed by atoms with Crippen molar-refractivity contribution in [3.63, 3.8) is 0 Å². The molecule has 0 bridgehead atoms. The Morgan fingerprint density at radius 1 is 1.39 bits per heavy atom. The third-order valence-electron chi connectivity index (χ3n) is 2.46. The fourth-order valence-corrected chi connectivity index (χ4v) is 1.43. The van der Waals surface area contributed by atoms with Crippen LogP contribution in [-0.4, -0.2) is 30.2 Å². The normalized spacial score (nSPS) is 10.1. The number of carboxylic acids is 1. The van der Waals surface area contributed by atoms with Crippen molar-refractivity contribution in [2.75, 3.05) is 19.1 Å². The second-order valence-electron chi connectivity index (χ2n) is 3.58. The number of oxazole rings is 1. The van der Waals surface area contributed by atoms with Crippen LogP contribution in [0.3, 0.4) is 0 Å². The summed E-state index contributed by atoms with van der Waals surface area (Å²) in [5.41, 5.74) is 0.694. The lowest BCUT2D eigenvalue weighted by Gasteiger charge is -2.14. The van der Waals surface area contributed by atoms with Crippen molar-refractivity contribution in [2.24, 2.45) is 0 Å². The topological polar surface area (TPSA) is 75.8 Å². The zero-order valence-electron chi connectivity index (χ0n) is 9.95. The number of anilines is 2. The number of aromatic nitrogens is 1. The Morgan fingerprint density at radius 2 is 2.06 bits per heavy atom. The molecule has 0 radical (unpaired) electrons. The molecule has 6 nitrogen and oxygen atoms in total. The second kappa shape index (κ2) is 4.79. The Bertz CT molecular complexity index is 547. The third-order valence-corrected chi connectivity index (χ3v) is 2.46. The summed E-state index contributed by atoms with van der Waals surface area (Å²) in [6.45, 7) is 0. The minimum Gasteiger partial charge on any atom is -0.497 e. The van der Waals surface area contributed by atoms with Crippen LogP contribution in [0, 0.1) is 0 Å². The predicted molar refractivity (Wildman–Crippen MR) is 64.5 cm³/mol. The quantitative estimate of drug-likeness (QED) is 0.893. The number of nitrogens with zero attached hydrogens (tertiary/aromatic N) is 2. The lowest BCUT2D eigenvalue weighted by molar-refractivity contribution is 0.0690. The number of ether oxygens (including phenoxy) is 1. The highest BCUT2D eigenvalue weighted by atomic mass is 16.5. The number of hydrogen-bond donors (Lipinski definition) is 1. The van der Waals surface area contributed by atoms with E-state index in [1.807, 2.05) is 12.1 Å². The highest BCUT2D eigenvalue weighted by molar-refractivity contribution is 5.85. The van der Waals surface area contributed by atoms with Gasteiger partial charge in [-0.3, -0.25) is 4.90 Å². The van der Waals surface area contributed by atoms with Gasteiger partial charge in [0.1, 0.15) is 12.0 Å². The highest BCUT2D eigenvalue weighted by Crippen LogP contribution is 2.24. The molecule has 0 atom stereocenters. The molecule has 0 aliphatic heterocycles. The maximum atomic E-state index is 10.7. The van der Waals surface area contributed by atoms with Gasteiger partial charge in [-0.25, -0.2) is 4.79 Å². The maximum absolute atomic E-state index is 10.7. The Labute approximate surface area is 103 Å². The van der Waals surface area contributed by atoms with Gasteiger partial charge >= 0.3 is 12.0 Å². The van der Waals surface area contributed by atoms with E-state index in [1.165, 1.54) is 0 Å². The van der Waals surface area contributed by atoms with Gasteiger partial charge in [-0.05, 0) is 24.3 Å². The van der Waals surface area contributed by atoms with Crippen LogP contribution in [0.1, 0.15) is 10.5 Å². The van der Waals surface area contributed by atoms with Crippen LogP contribution in [0.25, 0.3) is 0 Å². The molecule has 1 aromatic carbocycles. The van der Waals surface area contributed by atoms with Gasteiger partial charge in [0.2, 0.25) is 0 Å². The molecule has 94 valence electrons. The van der Waals surface area contributed by atoms with Crippen molar-refractivity contribution in [1.82, 2.24) is 4.98 Å². The molecular formula is C12H12N2O4. The van der Waals surface area contributed by atoms with E-state index in [1.54, 1.807) is 31.2 Å². The first-order valence-electron chi connectivity index (χ1n) is 5.18. The maximum Gasteiger partial charge on any atom is 0.357 e. The van der Waals surface area contributed by atoms with Gasteiger partial charge in [-0.15, -0.1) is 0 Å². The molecule has 0 amide bonds. The lowest BCUT2D eigenvalue weighted by Crippen LogP contribution is -2.10. The third kappa shape index (κ3) is 2.27. The fourth-order valence-electron chi connectivity index (χ4n) is 1.43. The summed E-state index contributed by atoms with van der Waals surface area (Å²) >= 11 is 0. The van der Waals surface area contributed by atoms with Crippen molar-refractivity contribution in [3.05, 3.63) is 36.2 Å². The number of benzene rings is 1. The fraction of sp³-hybridized carbons (Fsp3) is 0.167. The van der Waals surface area contributed by atoms with Gasteiger partial charge in [0.25, 0.3) is 0 Å². The first-order valence-corrected chi connectivity index (χ1v) is 5.18. The summed E-state index contributed by atoms with van der Waals surface area (Å²) in [7, 11) is 3.32. The van der Waals surface area contributed by atoms with Crippen molar-refractivity contribution in [1.29, 1.82) is 0 Å². The van der Waals surface area contributed by atoms with E-state index >= 15 is 0 Å². The van der Waals surface area contributed by atoms with Crippen molar-refractivity contribution in [2.45, 2.75) is 0 Å². The van der Waals surface area contributed by atoms with Crippen LogP contribution in [-0.2, 0) is 0 Å². The molecule has 0 aliphatic rings. The summed E-state index contributed by atoms with van der Waals surface area (Å²) in [6.07, 6.45) is 1.11. The second-order valence-corrected chi connectivity index (χ2v) is 3.58. The van der Waals surface area contributed by atoms with Crippen molar-refractivity contribution < 1.29 is 19.1 Å². The zero-order chi connectivity index (χ0) is 13.1. The molecule has 1 heterocycles. The van der Waals surface area contributed by atoms with E-state index < -0.39 is 5.97 Å². The highest BCUT2D eigenvalue weighted by Gasteiger charge is 2.14. The van der Waals surface area contributed by atoms with Gasteiger partial charge in [-0.2, -0.15) is 4.98 Å². The molecule has 6 heteroatoms. The number of rotatable bonds is 4. The molecule has 1 N–H and O–H groups in total. The van der Waals surface area contributed by atoms with E-state index in [0.29, 0.717) is 0 Å². The van der Waals surface area contributed by atoms with Crippen LogP contribution in [0.4, 0.5) is 11.7 Å². The number of carboxylic acid groups (broad SMARTS) is 1. The Hall–Kier alpha value is -2.50. The van der Waals surface area contributed by atoms with Gasteiger partial charge in [0.15, 0.2) is 5.69 Å². The molecule has 0 saturated heterocycles. The van der Waals surface area contributed by atoms with E-state index in [2.05, 4.69) is 4.98 Å². The smallest absolute Gasteiger partial charge is 0.357 e. The minimum absolute atomic E-state index is 0.120. The molecule has 2 rings (SSSR count). The molecule has 2 aromatic rings. The van der Waals surface area contributed by atoms with Crippen molar-refractivity contribution >= 4 is 17.7 Å². The van der Waals surface area contributed by atoms with Gasteiger partial charge in [-0.1, -0.05) is 0 Å². The van der Waals surface area contributed by atoms with E-state index in [4.69, 9.17) is 14.3 Å². The summed E-state index contributed by atoms with van der Waals surface area (Å²) < 4.78 is 10.2. The molecule has 0 unspecified atom stereocenters. The summed E-state index contributed by atoms with van der Waals surface area (Å²) in [5, 5.41) is 8.76. The zero-order valence-corrected chi connectivity index (χ0v) is 9.95. The Kier molecular flexibility index (Phi) is 3.18. The molecule has 0 fully saturated rings. The number of carbonyl (C=O) groups is 1. The molecule has 18 heavy (non-hydrogen) atoms. The molecule has 1 aromatic heterocycles. The van der Waals surface area contributed by atoms with Crippen LogP contribution in [0.2, 0.25) is 0 Å². The summed E-state index contributed by atoms with van der Waals surface area (Å²) in [5.74, 6) is -0.376. The molecule has 0 saturated carbocycles. The Morgan fingerprint density at radius 3 is 2.56 bits per heavy atom. The summed E-state index contributed by atoms with van der Waals surface area (Å²) in [4.78, 5) is 16.2. The van der Waals surface area contributed by atoms with Crippen LogP contribution in [0.5, 0.6) is 5.75 Å². The first-order chi connectivity index (χ1) is 8.61. The average Bonchev–Trinajstić information content (AvgIpc) is 2.88. The largest absolute Gasteiger partial charge is 0.497 e. The van der Waals surface area contributed by atoms with Crippen LogP contribution < -0.4 is 9.64 Å². The number of hydrogen-bond acceptors (Lipinski definition) is 5. The first kappa shape index (κ1) is 12.0. The summed E-state index contributed by atoms with van der Waals surface area (Å²) in [6, 6.07) is 7.46. The van der Waals surface area contributed by atoms with Crippen molar-refractivity contribution in [3.8, 4) is 5.75 Å². The molecule has 0 spiro atoms. The van der Waals surface area contributed by atoms with Gasteiger partial charge < -0.3 is 14.3 Å². The van der Waals surface area contributed by atoms with Gasteiger partial charge in [0.05, 0.1) is 7.11 Å². The number of aromatic carboxylic acids is 1. The standard InChI is InChI=1S/C12H12N2O4/c1-14(8-3-5-9(17-2)6-4-8)12-13-10(7-18-12)11(15)16/h3-7H,1-2H3,(H,15,16). The van der Waals surface area contributed by atoms with E-state index in [0.717, 1.165) is 17.7 Å². The molecular weight excluding hydrogens is 236 g/mol. The van der Waals surface area contributed by atoms with Crippen LogP contribution >= 0.6 is 0 Å². The average molecular weight is 248 g/mol. The Balaban J connectivity index is 2.23. The predicted octanol–water partition coefficient (Wildman–Crippen LogP) is 2.15. The number of methoxy groups -OCH3 is 1. The van der Waals surface area contributed by atoms with E-state index in [-0.39, 0.29) is 11.7 Å². The van der Waals surface area contributed by atoms with Crippen LogP contribution in [0.15, 0.2) is 34.9 Å². The SMILES string of the molecule is COc1ccc(N(C)c2nc(C(=O)O)co2)cc1. The monoisotopic (exact) mass is 248 g/mol. The van der Waals surface area contributed by atoms with E-state index in [9.17, 15) is 4.79 Å². The lowest BCUT2D eigenvalue weighted by atomic mass is 10.3. The molecule has 0 aliphatic carbocycles. The minimum atomic E-state index is -1.12. The van der Waals surface area contributed by atoms with Gasteiger partial charge in [0, 0.05) is 12.7 Å².